The molecule has 1 fully saturated rings. The zero-order valence-electron chi connectivity index (χ0n) is 11.9. The van der Waals surface area contributed by atoms with E-state index in [-0.39, 0.29) is 30.0 Å². The van der Waals surface area contributed by atoms with Crippen molar-refractivity contribution in [3.63, 3.8) is 0 Å². The normalized spacial score (nSPS) is 15.1. The van der Waals surface area contributed by atoms with Gasteiger partial charge in [0.2, 0.25) is 5.91 Å². The molecule has 1 saturated heterocycles. The van der Waals surface area contributed by atoms with Crippen LogP contribution in [0.1, 0.15) is 19.3 Å². The zero-order chi connectivity index (χ0) is 14.2. The van der Waals surface area contributed by atoms with Gasteiger partial charge in [-0.15, -0.1) is 12.4 Å². The standard InChI is InChI=1S/C15H21FN2O2.ClH/c16-13-2-4-14(5-3-13)20-11-1-8-18-15(19)12-6-9-17-10-7-12;/h2-5,12,17H,1,6-11H2,(H,18,19);1H. The lowest BCUT2D eigenvalue weighted by Gasteiger charge is -2.21. The maximum Gasteiger partial charge on any atom is 0.223 e. The average Bonchev–Trinajstić information content (AvgIpc) is 2.49. The van der Waals surface area contributed by atoms with E-state index in [1.165, 1.54) is 12.1 Å². The summed E-state index contributed by atoms with van der Waals surface area (Å²) in [5.74, 6) is 0.671. The van der Waals surface area contributed by atoms with Crippen molar-refractivity contribution in [2.24, 2.45) is 5.92 Å². The van der Waals surface area contributed by atoms with E-state index in [4.69, 9.17) is 4.74 Å². The fraction of sp³-hybridized carbons (Fsp3) is 0.533. The van der Waals surface area contributed by atoms with Crippen molar-refractivity contribution in [1.82, 2.24) is 10.6 Å². The van der Waals surface area contributed by atoms with Crippen molar-refractivity contribution in [2.45, 2.75) is 19.3 Å². The van der Waals surface area contributed by atoms with Crippen LogP contribution in [0.15, 0.2) is 24.3 Å². The highest BCUT2D eigenvalue weighted by Gasteiger charge is 2.19. The molecule has 0 atom stereocenters. The lowest BCUT2D eigenvalue weighted by atomic mass is 9.97. The van der Waals surface area contributed by atoms with Gasteiger partial charge in [-0.1, -0.05) is 0 Å². The van der Waals surface area contributed by atoms with Crippen molar-refractivity contribution < 1.29 is 13.9 Å². The lowest BCUT2D eigenvalue weighted by Crippen LogP contribution is -2.38. The topological polar surface area (TPSA) is 50.4 Å². The van der Waals surface area contributed by atoms with Crippen LogP contribution in [0, 0.1) is 11.7 Å². The molecule has 0 unspecified atom stereocenters. The smallest absolute Gasteiger partial charge is 0.223 e. The van der Waals surface area contributed by atoms with Crippen LogP contribution < -0.4 is 15.4 Å². The molecule has 0 spiro atoms. The number of nitrogens with one attached hydrogen (secondary N) is 2. The van der Waals surface area contributed by atoms with Crippen molar-refractivity contribution in [2.75, 3.05) is 26.2 Å². The summed E-state index contributed by atoms with van der Waals surface area (Å²) in [6.45, 7) is 2.97. The minimum absolute atomic E-state index is 0. The van der Waals surface area contributed by atoms with E-state index < -0.39 is 0 Å². The minimum Gasteiger partial charge on any atom is -0.494 e. The van der Waals surface area contributed by atoms with E-state index in [0.29, 0.717) is 18.9 Å². The first-order valence-corrected chi connectivity index (χ1v) is 7.12. The fourth-order valence-corrected chi connectivity index (χ4v) is 2.23. The highest BCUT2D eigenvalue weighted by atomic mass is 35.5. The van der Waals surface area contributed by atoms with Gasteiger partial charge in [0.15, 0.2) is 0 Å². The van der Waals surface area contributed by atoms with Crippen molar-refractivity contribution in [3.05, 3.63) is 30.1 Å². The second-order valence-electron chi connectivity index (χ2n) is 4.97. The Morgan fingerprint density at radius 2 is 1.95 bits per heavy atom. The first-order chi connectivity index (χ1) is 9.75. The van der Waals surface area contributed by atoms with E-state index >= 15 is 0 Å². The molecular formula is C15H22ClFN2O2. The maximum absolute atomic E-state index is 12.7. The van der Waals surface area contributed by atoms with Gasteiger partial charge in [0.05, 0.1) is 6.61 Å². The van der Waals surface area contributed by atoms with E-state index in [1.807, 2.05) is 0 Å². The number of halogens is 2. The van der Waals surface area contributed by atoms with Crippen LogP contribution in [-0.4, -0.2) is 32.1 Å². The quantitative estimate of drug-likeness (QED) is 0.791. The largest absolute Gasteiger partial charge is 0.494 e. The summed E-state index contributed by atoms with van der Waals surface area (Å²) >= 11 is 0. The van der Waals surface area contributed by atoms with E-state index in [1.54, 1.807) is 12.1 Å². The van der Waals surface area contributed by atoms with Gasteiger partial charge in [-0.3, -0.25) is 4.79 Å². The molecule has 0 saturated carbocycles. The van der Waals surface area contributed by atoms with E-state index in [9.17, 15) is 9.18 Å². The van der Waals surface area contributed by atoms with Gasteiger partial charge in [0.25, 0.3) is 0 Å². The summed E-state index contributed by atoms with van der Waals surface area (Å²) in [6.07, 6.45) is 2.57. The number of ether oxygens (including phenoxy) is 1. The van der Waals surface area contributed by atoms with Gasteiger partial charge in [-0.05, 0) is 56.6 Å². The number of hydrogen-bond donors (Lipinski definition) is 2. The number of benzene rings is 1. The molecule has 0 aliphatic carbocycles. The van der Waals surface area contributed by atoms with E-state index in [2.05, 4.69) is 10.6 Å². The third-order valence-corrected chi connectivity index (χ3v) is 3.41. The molecule has 2 rings (SSSR count). The van der Waals surface area contributed by atoms with E-state index in [0.717, 1.165) is 32.4 Å². The molecule has 1 aromatic carbocycles. The first kappa shape index (κ1) is 17.7. The Morgan fingerprint density at radius 3 is 2.62 bits per heavy atom. The molecule has 1 amide bonds. The van der Waals surface area contributed by atoms with Gasteiger partial charge in [-0.2, -0.15) is 0 Å². The summed E-state index contributed by atoms with van der Waals surface area (Å²) in [5, 5.41) is 6.18. The van der Waals surface area contributed by atoms with Crippen LogP contribution in [0.25, 0.3) is 0 Å². The number of carbonyl (C=O) groups is 1. The Balaban J connectivity index is 0.00000220. The Labute approximate surface area is 130 Å². The first-order valence-electron chi connectivity index (χ1n) is 7.12. The molecule has 0 bridgehead atoms. The maximum atomic E-state index is 12.7. The highest BCUT2D eigenvalue weighted by Crippen LogP contribution is 2.12. The Bertz CT molecular complexity index is 422. The third-order valence-electron chi connectivity index (χ3n) is 3.41. The monoisotopic (exact) mass is 316 g/mol. The Hall–Kier alpha value is -1.33. The third kappa shape index (κ3) is 6.31. The van der Waals surface area contributed by atoms with Crippen LogP contribution in [0.4, 0.5) is 4.39 Å². The van der Waals surface area contributed by atoms with Gasteiger partial charge < -0.3 is 15.4 Å². The zero-order valence-corrected chi connectivity index (χ0v) is 12.8. The summed E-state index contributed by atoms with van der Waals surface area (Å²) in [7, 11) is 0. The highest BCUT2D eigenvalue weighted by molar-refractivity contribution is 5.85. The number of rotatable bonds is 6. The van der Waals surface area contributed by atoms with Gasteiger partial charge in [0.1, 0.15) is 11.6 Å². The lowest BCUT2D eigenvalue weighted by molar-refractivity contribution is -0.125. The number of piperidine rings is 1. The Kier molecular flexibility index (Phi) is 8.08. The van der Waals surface area contributed by atoms with Gasteiger partial charge in [0, 0.05) is 12.5 Å². The molecule has 1 heterocycles. The van der Waals surface area contributed by atoms with Crippen LogP contribution in [-0.2, 0) is 4.79 Å². The van der Waals surface area contributed by atoms with Crippen LogP contribution >= 0.6 is 12.4 Å². The van der Waals surface area contributed by atoms with Crippen molar-refractivity contribution in [1.29, 1.82) is 0 Å². The Morgan fingerprint density at radius 1 is 1.29 bits per heavy atom. The molecule has 4 nitrogen and oxygen atoms in total. The number of carbonyl (C=O) groups excluding carboxylic acids is 1. The predicted molar refractivity (Wildman–Crippen MR) is 82.4 cm³/mol. The summed E-state index contributed by atoms with van der Waals surface area (Å²) in [6, 6.07) is 5.94. The predicted octanol–water partition coefficient (Wildman–Crippen LogP) is 2.13. The molecule has 0 radical (unpaired) electrons. The second-order valence-corrected chi connectivity index (χ2v) is 4.97. The van der Waals surface area contributed by atoms with Crippen LogP contribution in [0.5, 0.6) is 5.75 Å². The van der Waals surface area contributed by atoms with Gasteiger partial charge in [-0.25, -0.2) is 4.39 Å². The molecule has 1 aliphatic rings. The molecule has 1 aliphatic heterocycles. The molecule has 118 valence electrons. The van der Waals surface area contributed by atoms with Crippen LogP contribution in [0.3, 0.4) is 0 Å². The molecular weight excluding hydrogens is 295 g/mol. The average molecular weight is 317 g/mol. The molecule has 21 heavy (non-hydrogen) atoms. The van der Waals surface area contributed by atoms with Gasteiger partial charge >= 0.3 is 0 Å². The second kappa shape index (κ2) is 9.58. The molecule has 6 heteroatoms. The SMILES string of the molecule is Cl.O=C(NCCCOc1ccc(F)cc1)C1CCNCC1. The molecule has 0 aromatic heterocycles. The number of hydrogen-bond acceptors (Lipinski definition) is 3. The number of amides is 1. The minimum atomic E-state index is -0.272. The summed E-state index contributed by atoms with van der Waals surface area (Å²) < 4.78 is 18.1. The van der Waals surface area contributed by atoms with Crippen LogP contribution in [0.2, 0.25) is 0 Å². The summed E-state index contributed by atoms with van der Waals surface area (Å²) in [4.78, 5) is 11.8. The summed E-state index contributed by atoms with van der Waals surface area (Å²) in [5.41, 5.74) is 0. The van der Waals surface area contributed by atoms with Crippen molar-refractivity contribution >= 4 is 18.3 Å². The van der Waals surface area contributed by atoms with Crippen molar-refractivity contribution in [3.8, 4) is 5.75 Å². The fourth-order valence-electron chi connectivity index (χ4n) is 2.23. The molecule has 2 N–H and O–H groups in total. The molecule has 1 aromatic rings.